The molecule has 1 aromatic rings. The molecular formula is C17H20Cl2N2O2. The molecule has 0 radical (unpaired) electrons. The number of aryl methyl sites for hydroxylation is 1. The first-order valence-corrected chi connectivity index (χ1v) is 8.09. The van der Waals surface area contributed by atoms with E-state index in [1.807, 2.05) is 45.0 Å². The van der Waals surface area contributed by atoms with Crippen LogP contribution in [0, 0.1) is 24.2 Å². The zero-order chi connectivity index (χ0) is 17.2. The molecule has 1 aliphatic carbocycles. The maximum absolute atomic E-state index is 12.1. The summed E-state index contributed by atoms with van der Waals surface area (Å²) in [5.41, 5.74) is 7.74. The van der Waals surface area contributed by atoms with E-state index in [2.05, 4.69) is 5.16 Å². The van der Waals surface area contributed by atoms with Crippen LogP contribution in [0.1, 0.15) is 25.0 Å². The number of amidine groups is 1. The minimum absolute atomic E-state index is 0.0480. The highest BCUT2D eigenvalue weighted by molar-refractivity contribution is 6.55. The van der Waals surface area contributed by atoms with Gasteiger partial charge in [0, 0.05) is 6.42 Å². The fourth-order valence-electron chi connectivity index (χ4n) is 2.80. The van der Waals surface area contributed by atoms with E-state index < -0.39 is 5.97 Å². The lowest BCUT2D eigenvalue weighted by Crippen LogP contribution is -2.17. The predicted molar refractivity (Wildman–Crippen MR) is 93.1 cm³/mol. The minimum Gasteiger partial charge on any atom is -0.384 e. The Hall–Kier alpha value is -1.52. The smallest absolute Gasteiger partial charge is 0.339 e. The molecule has 0 unspecified atom stereocenters. The molecule has 23 heavy (non-hydrogen) atoms. The molecule has 1 aromatic carbocycles. The lowest BCUT2D eigenvalue weighted by molar-refractivity contribution is -0.146. The van der Waals surface area contributed by atoms with Crippen molar-refractivity contribution in [3.63, 3.8) is 0 Å². The number of carbonyl (C=O) groups excluding carboxylic acids is 1. The average Bonchev–Trinajstić information content (AvgIpc) is 2.96. The van der Waals surface area contributed by atoms with Crippen LogP contribution in [0.3, 0.4) is 0 Å². The molecule has 1 aliphatic rings. The third-order valence-corrected chi connectivity index (χ3v) is 4.44. The average molecular weight is 355 g/mol. The maximum atomic E-state index is 12.1. The fourth-order valence-corrected chi connectivity index (χ4v) is 3.07. The second-order valence-corrected chi connectivity index (χ2v) is 7.45. The Morgan fingerprint density at radius 1 is 1.43 bits per heavy atom. The number of carbonyl (C=O) groups is 1. The molecule has 124 valence electrons. The van der Waals surface area contributed by atoms with Crippen molar-refractivity contribution in [3.05, 3.63) is 46.0 Å². The first kappa shape index (κ1) is 17.8. The van der Waals surface area contributed by atoms with Crippen molar-refractivity contribution >= 4 is 35.0 Å². The summed E-state index contributed by atoms with van der Waals surface area (Å²) in [5, 5.41) is 3.75. The van der Waals surface area contributed by atoms with E-state index in [1.54, 1.807) is 6.08 Å². The molecular weight excluding hydrogens is 335 g/mol. The van der Waals surface area contributed by atoms with Crippen LogP contribution in [0.2, 0.25) is 0 Å². The standard InChI is InChI=1S/C17H20Cl2N2O2/c1-10-5-4-6-11(7-10)8-14(20)21-23-16(22)15-12(9-13(18)19)17(15,2)3/h4-7,9,12,15H,8H2,1-3H3,(H2,20,21)/t12-,15+/m1/s1. The molecule has 2 N–H and O–H groups in total. The number of oxime groups is 1. The van der Waals surface area contributed by atoms with Gasteiger partial charge in [0.1, 0.15) is 10.3 Å². The topological polar surface area (TPSA) is 64.7 Å². The number of hydrogen-bond donors (Lipinski definition) is 1. The SMILES string of the molecule is Cc1cccc(C/C(N)=N/OC(=O)[C@@H]2[C@@H](C=C(Cl)Cl)C2(C)C)c1. The van der Waals surface area contributed by atoms with Crippen LogP contribution in [0.4, 0.5) is 0 Å². The first-order chi connectivity index (χ1) is 10.7. The van der Waals surface area contributed by atoms with Gasteiger partial charge in [0.2, 0.25) is 0 Å². The molecule has 0 saturated heterocycles. The van der Waals surface area contributed by atoms with Crippen LogP contribution in [0.5, 0.6) is 0 Å². The molecule has 6 heteroatoms. The Bertz CT molecular complexity index is 664. The third kappa shape index (κ3) is 4.49. The number of benzene rings is 1. The number of nitrogens with zero attached hydrogens (tertiary/aromatic N) is 1. The van der Waals surface area contributed by atoms with Gasteiger partial charge in [-0.3, -0.25) is 0 Å². The lowest BCUT2D eigenvalue weighted by atomic mass is 10.1. The van der Waals surface area contributed by atoms with Crippen LogP contribution in [-0.4, -0.2) is 11.8 Å². The zero-order valence-corrected chi connectivity index (χ0v) is 14.9. The summed E-state index contributed by atoms with van der Waals surface area (Å²) < 4.78 is 0.154. The Balaban J connectivity index is 1.95. The summed E-state index contributed by atoms with van der Waals surface area (Å²) in [5.74, 6) is -0.526. The van der Waals surface area contributed by atoms with Crippen molar-refractivity contribution in [3.8, 4) is 0 Å². The van der Waals surface area contributed by atoms with Gasteiger partial charge in [-0.2, -0.15) is 0 Å². The van der Waals surface area contributed by atoms with Gasteiger partial charge in [0.25, 0.3) is 0 Å². The molecule has 0 spiro atoms. The van der Waals surface area contributed by atoms with Crippen molar-refractivity contribution in [1.29, 1.82) is 0 Å². The van der Waals surface area contributed by atoms with Gasteiger partial charge in [-0.25, -0.2) is 4.79 Å². The predicted octanol–water partition coefficient (Wildman–Crippen LogP) is 3.94. The molecule has 4 nitrogen and oxygen atoms in total. The van der Waals surface area contributed by atoms with Gasteiger partial charge >= 0.3 is 5.97 Å². The van der Waals surface area contributed by atoms with Crippen LogP contribution in [-0.2, 0) is 16.1 Å². The molecule has 2 rings (SSSR count). The van der Waals surface area contributed by atoms with Gasteiger partial charge in [-0.05, 0) is 29.9 Å². The molecule has 1 fully saturated rings. The van der Waals surface area contributed by atoms with Crippen LogP contribution in [0.15, 0.2) is 40.0 Å². The summed E-state index contributed by atoms with van der Waals surface area (Å²) in [6.45, 7) is 5.91. The Labute approximate surface area is 146 Å². The number of rotatable bonds is 5. The van der Waals surface area contributed by atoms with E-state index in [0.29, 0.717) is 6.42 Å². The highest BCUT2D eigenvalue weighted by atomic mass is 35.5. The summed E-state index contributed by atoms with van der Waals surface area (Å²) in [7, 11) is 0. The van der Waals surface area contributed by atoms with E-state index in [-0.39, 0.29) is 27.6 Å². The van der Waals surface area contributed by atoms with Gasteiger partial charge in [0.15, 0.2) is 0 Å². The Kier molecular flexibility index (Phi) is 5.37. The van der Waals surface area contributed by atoms with Crippen LogP contribution < -0.4 is 5.73 Å². The number of halogens is 2. The lowest BCUT2D eigenvalue weighted by Gasteiger charge is -2.03. The quantitative estimate of drug-likeness (QED) is 0.377. The van der Waals surface area contributed by atoms with Crippen molar-refractivity contribution in [2.75, 3.05) is 0 Å². The zero-order valence-electron chi connectivity index (χ0n) is 13.3. The van der Waals surface area contributed by atoms with E-state index >= 15 is 0 Å². The van der Waals surface area contributed by atoms with Gasteiger partial charge < -0.3 is 10.6 Å². The summed E-state index contributed by atoms with van der Waals surface area (Å²) in [4.78, 5) is 17.1. The molecule has 0 heterocycles. The number of nitrogens with two attached hydrogens (primary N) is 1. The van der Waals surface area contributed by atoms with E-state index in [9.17, 15) is 4.79 Å². The molecule has 1 saturated carbocycles. The second kappa shape index (κ2) is 6.93. The van der Waals surface area contributed by atoms with Crippen LogP contribution in [0.25, 0.3) is 0 Å². The Morgan fingerprint density at radius 3 is 2.74 bits per heavy atom. The molecule has 0 aliphatic heterocycles. The monoisotopic (exact) mass is 354 g/mol. The van der Waals surface area contributed by atoms with Gasteiger partial charge in [-0.15, -0.1) is 0 Å². The molecule has 0 aromatic heterocycles. The van der Waals surface area contributed by atoms with Crippen molar-refractivity contribution in [1.82, 2.24) is 0 Å². The summed E-state index contributed by atoms with van der Waals surface area (Å²) in [6, 6.07) is 7.91. The number of allylic oxidation sites excluding steroid dienone is 1. The largest absolute Gasteiger partial charge is 0.384 e. The van der Waals surface area contributed by atoms with Crippen molar-refractivity contribution < 1.29 is 9.63 Å². The second-order valence-electron chi connectivity index (χ2n) is 6.44. The van der Waals surface area contributed by atoms with Crippen molar-refractivity contribution in [2.24, 2.45) is 28.1 Å². The summed E-state index contributed by atoms with van der Waals surface area (Å²) in [6.07, 6.45) is 2.09. The van der Waals surface area contributed by atoms with Gasteiger partial charge in [-0.1, -0.05) is 72.0 Å². The van der Waals surface area contributed by atoms with E-state index in [4.69, 9.17) is 33.8 Å². The van der Waals surface area contributed by atoms with Crippen molar-refractivity contribution in [2.45, 2.75) is 27.2 Å². The fraction of sp³-hybridized carbons (Fsp3) is 0.412. The normalized spacial score (nSPS) is 22.4. The molecule has 0 bridgehead atoms. The van der Waals surface area contributed by atoms with E-state index in [0.717, 1.165) is 11.1 Å². The first-order valence-electron chi connectivity index (χ1n) is 7.33. The highest BCUT2D eigenvalue weighted by Crippen LogP contribution is 2.60. The maximum Gasteiger partial charge on any atom is 0.339 e. The minimum atomic E-state index is -0.418. The van der Waals surface area contributed by atoms with Gasteiger partial charge in [0.05, 0.1) is 5.92 Å². The molecule has 0 amide bonds. The third-order valence-electron chi connectivity index (χ3n) is 4.19. The Morgan fingerprint density at radius 2 is 2.13 bits per heavy atom. The van der Waals surface area contributed by atoms with E-state index in [1.165, 1.54) is 0 Å². The van der Waals surface area contributed by atoms with Crippen LogP contribution >= 0.6 is 23.2 Å². The highest BCUT2D eigenvalue weighted by Gasteiger charge is 2.62. The molecule has 2 atom stereocenters. The number of hydrogen-bond acceptors (Lipinski definition) is 3. The summed E-state index contributed by atoms with van der Waals surface area (Å²) >= 11 is 11.3.